The van der Waals surface area contributed by atoms with E-state index in [4.69, 9.17) is 4.74 Å². The second-order valence-corrected chi connectivity index (χ2v) is 3.85. The summed E-state index contributed by atoms with van der Waals surface area (Å²) in [7, 11) is 1.46. The van der Waals surface area contributed by atoms with Gasteiger partial charge in [0.1, 0.15) is 6.04 Å². The monoisotopic (exact) mass is 205 g/mol. The van der Waals surface area contributed by atoms with E-state index in [2.05, 4.69) is 5.32 Å². The molecule has 1 saturated carbocycles. The summed E-state index contributed by atoms with van der Waals surface area (Å²) in [5.41, 5.74) is 0. The maximum atomic E-state index is 11.2. The van der Waals surface area contributed by atoms with Crippen LogP contribution < -0.4 is 5.32 Å². The van der Waals surface area contributed by atoms with Crippen molar-refractivity contribution in [1.29, 1.82) is 0 Å². The smallest absolute Gasteiger partial charge is 0.322 e. The minimum atomic E-state index is -0.0911. The number of fused-ring (bicyclic) bond motifs is 2. The normalized spacial score (nSPS) is 36.5. The number of halogens is 1. The zero-order valence-electron chi connectivity index (χ0n) is 7.79. The first-order chi connectivity index (χ1) is 5.79. The van der Waals surface area contributed by atoms with E-state index in [0.29, 0.717) is 6.04 Å². The van der Waals surface area contributed by atoms with Crippen LogP contribution in [-0.2, 0) is 9.53 Å². The van der Waals surface area contributed by atoms with Crippen LogP contribution in [0.2, 0.25) is 0 Å². The molecule has 2 aliphatic rings. The number of carbonyl (C=O) groups is 1. The maximum absolute atomic E-state index is 11.2. The molecule has 3 nitrogen and oxygen atoms in total. The van der Waals surface area contributed by atoms with E-state index in [9.17, 15) is 4.79 Å². The predicted molar refractivity (Wildman–Crippen MR) is 51.9 cm³/mol. The summed E-state index contributed by atoms with van der Waals surface area (Å²) in [4.78, 5) is 11.2. The van der Waals surface area contributed by atoms with Gasteiger partial charge < -0.3 is 10.1 Å². The predicted octanol–water partition coefficient (Wildman–Crippen LogP) is 1.11. The fourth-order valence-corrected chi connectivity index (χ4v) is 2.43. The third-order valence-corrected chi connectivity index (χ3v) is 3.03. The second kappa shape index (κ2) is 4.29. The summed E-state index contributed by atoms with van der Waals surface area (Å²) in [6, 6.07) is 0.550. The number of ether oxygens (including phenoxy) is 1. The highest BCUT2D eigenvalue weighted by Crippen LogP contribution is 2.33. The molecule has 0 aromatic carbocycles. The van der Waals surface area contributed by atoms with Crippen molar-refractivity contribution < 1.29 is 9.53 Å². The standard InChI is InChI=1S/C9H15NO2.ClH/c1-12-9(11)8-5-6-2-3-7(4-6)10-8;/h6-8,10H,2-5H2,1H3;1H. The van der Waals surface area contributed by atoms with Gasteiger partial charge in [0.25, 0.3) is 0 Å². The lowest BCUT2D eigenvalue weighted by Crippen LogP contribution is -2.46. The van der Waals surface area contributed by atoms with E-state index >= 15 is 0 Å². The Labute approximate surface area is 84.6 Å². The average molecular weight is 206 g/mol. The molecule has 0 spiro atoms. The Hall–Kier alpha value is -0.280. The first kappa shape index (κ1) is 10.8. The van der Waals surface area contributed by atoms with Crippen molar-refractivity contribution in [3.05, 3.63) is 0 Å². The SMILES string of the molecule is COC(=O)C1CC2CCC(C2)N1.Cl. The van der Waals surface area contributed by atoms with Crippen molar-refractivity contribution in [2.45, 2.75) is 37.8 Å². The van der Waals surface area contributed by atoms with Gasteiger partial charge in [-0.15, -0.1) is 12.4 Å². The van der Waals surface area contributed by atoms with Crippen molar-refractivity contribution in [3.8, 4) is 0 Å². The molecule has 1 aliphatic carbocycles. The minimum Gasteiger partial charge on any atom is -0.468 e. The van der Waals surface area contributed by atoms with Crippen molar-refractivity contribution in [2.75, 3.05) is 7.11 Å². The third kappa shape index (κ3) is 2.15. The minimum absolute atomic E-state index is 0. The number of carbonyl (C=O) groups excluding carboxylic acids is 1. The Morgan fingerprint density at radius 2 is 2.15 bits per heavy atom. The van der Waals surface area contributed by atoms with Gasteiger partial charge in [-0.2, -0.15) is 0 Å². The number of hydrogen-bond acceptors (Lipinski definition) is 3. The molecular weight excluding hydrogens is 190 g/mol. The lowest BCUT2D eigenvalue weighted by molar-refractivity contribution is -0.144. The van der Waals surface area contributed by atoms with Crippen molar-refractivity contribution in [1.82, 2.24) is 5.32 Å². The molecule has 2 fully saturated rings. The molecule has 1 saturated heterocycles. The lowest BCUT2D eigenvalue weighted by Gasteiger charge is -2.27. The molecule has 1 N–H and O–H groups in total. The van der Waals surface area contributed by atoms with Crippen LogP contribution in [0.3, 0.4) is 0 Å². The maximum Gasteiger partial charge on any atom is 0.322 e. The molecule has 3 unspecified atom stereocenters. The third-order valence-electron chi connectivity index (χ3n) is 3.03. The van der Waals surface area contributed by atoms with Crippen molar-refractivity contribution >= 4 is 18.4 Å². The zero-order valence-corrected chi connectivity index (χ0v) is 8.60. The van der Waals surface area contributed by atoms with Crippen LogP contribution in [0.25, 0.3) is 0 Å². The van der Waals surface area contributed by atoms with Gasteiger partial charge in [-0.25, -0.2) is 0 Å². The van der Waals surface area contributed by atoms with Crippen LogP contribution in [0.15, 0.2) is 0 Å². The molecule has 1 aliphatic heterocycles. The number of methoxy groups -OCH3 is 1. The first-order valence-corrected chi connectivity index (χ1v) is 4.63. The van der Waals surface area contributed by atoms with Crippen LogP contribution in [0.4, 0.5) is 0 Å². The quantitative estimate of drug-likeness (QED) is 0.652. The first-order valence-electron chi connectivity index (χ1n) is 4.63. The summed E-state index contributed by atoms with van der Waals surface area (Å²) in [6.45, 7) is 0. The Balaban J connectivity index is 0.000000845. The van der Waals surface area contributed by atoms with Crippen LogP contribution in [0.1, 0.15) is 25.7 Å². The molecule has 2 rings (SSSR count). The Kier molecular flexibility index (Phi) is 3.56. The van der Waals surface area contributed by atoms with E-state index in [1.807, 2.05) is 0 Å². The molecule has 76 valence electrons. The van der Waals surface area contributed by atoms with Gasteiger partial charge in [0.2, 0.25) is 0 Å². The fourth-order valence-electron chi connectivity index (χ4n) is 2.43. The molecule has 1 heterocycles. The highest BCUT2D eigenvalue weighted by Gasteiger charge is 2.36. The Morgan fingerprint density at radius 3 is 2.77 bits per heavy atom. The average Bonchev–Trinajstić information content (AvgIpc) is 2.44. The molecule has 0 aromatic rings. The number of nitrogens with one attached hydrogen (secondary N) is 1. The number of piperidine rings is 1. The van der Waals surface area contributed by atoms with Crippen molar-refractivity contribution in [3.63, 3.8) is 0 Å². The van der Waals surface area contributed by atoms with E-state index in [-0.39, 0.29) is 24.4 Å². The Bertz CT molecular complexity index is 186. The summed E-state index contributed by atoms with van der Waals surface area (Å²) in [5, 5.41) is 3.32. The van der Waals surface area contributed by atoms with Crippen molar-refractivity contribution in [2.24, 2.45) is 5.92 Å². The van der Waals surface area contributed by atoms with Crippen LogP contribution >= 0.6 is 12.4 Å². The molecular formula is C9H16ClNO2. The summed E-state index contributed by atoms with van der Waals surface area (Å²) in [6.07, 6.45) is 4.75. The van der Waals surface area contributed by atoms with Crippen LogP contribution in [0, 0.1) is 5.92 Å². The van der Waals surface area contributed by atoms with Gasteiger partial charge in [-0.3, -0.25) is 4.79 Å². The number of rotatable bonds is 1. The molecule has 2 bridgehead atoms. The van der Waals surface area contributed by atoms with Gasteiger partial charge in [0.05, 0.1) is 7.11 Å². The van der Waals surface area contributed by atoms with Crippen LogP contribution in [-0.4, -0.2) is 25.2 Å². The molecule has 0 radical (unpaired) electrons. The molecule has 4 heteroatoms. The largest absolute Gasteiger partial charge is 0.468 e. The van der Waals surface area contributed by atoms with E-state index in [1.54, 1.807) is 0 Å². The molecule has 0 amide bonds. The summed E-state index contributed by atoms with van der Waals surface area (Å²) < 4.78 is 4.71. The van der Waals surface area contributed by atoms with Gasteiger partial charge >= 0.3 is 5.97 Å². The summed E-state index contributed by atoms with van der Waals surface area (Å²) in [5.74, 6) is 0.673. The van der Waals surface area contributed by atoms with Gasteiger partial charge in [-0.1, -0.05) is 0 Å². The van der Waals surface area contributed by atoms with E-state index < -0.39 is 0 Å². The highest BCUT2D eigenvalue weighted by atomic mass is 35.5. The second-order valence-electron chi connectivity index (χ2n) is 3.85. The molecule has 3 atom stereocenters. The van der Waals surface area contributed by atoms with Crippen LogP contribution in [0.5, 0.6) is 0 Å². The topological polar surface area (TPSA) is 38.3 Å². The number of esters is 1. The molecule has 0 aromatic heterocycles. The zero-order chi connectivity index (χ0) is 8.55. The Morgan fingerprint density at radius 1 is 1.38 bits per heavy atom. The van der Waals surface area contributed by atoms with E-state index in [1.165, 1.54) is 26.4 Å². The van der Waals surface area contributed by atoms with E-state index in [0.717, 1.165) is 12.3 Å². The fraction of sp³-hybridized carbons (Fsp3) is 0.889. The summed E-state index contributed by atoms with van der Waals surface area (Å²) >= 11 is 0. The molecule has 13 heavy (non-hydrogen) atoms. The van der Waals surface area contributed by atoms with Gasteiger partial charge in [-0.05, 0) is 31.6 Å². The lowest BCUT2D eigenvalue weighted by atomic mass is 9.94. The van der Waals surface area contributed by atoms with Gasteiger partial charge in [0, 0.05) is 6.04 Å². The highest BCUT2D eigenvalue weighted by molar-refractivity contribution is 5.85. The van der Waals surface area contributed by atoms with Gasteiger partial charge in [0.15, 0.2) is 0 Å². The number of hydrogen-bond donors (Lipinski definition) is 1.